The third-order valence-corrected chi connectivity index (χ3v) is 2.93. The zero-order chi connectivity index (χ0) is 12.8. The lowest BCUT2D eigenvalue weighted by molar-refractivity contribution is 0.532. The van der Waals surface area contributed by atoms with E-state index in [0.29, 0.717) is 12.1 Å². The minimum Gasteiger partial charge on any atom is -0.311 e. The highest BCUT2D eigenvalue weighted by Gasteiger charge is 2.04. The molecule has 0 aromatic carbocycles. The highest BCUT2D eigenvalue weighted by molar-refractivity contribution is 5.51. The number of rotatable bonds is 6. The molecule has 0 bridgehead atoms. The summed E-state index contributed by atoms with van der Waals surface area (Å²) in [7, 11) is 0. The Labute approximate surface area is 105 Å². The monoisotopic (exact) mass is 235 g/mol. The van der Waals surface area contributed by atoms with Crippen molar-refractivity contribution in [3.63, 3.8) is 0 Å². The lowest BCUT2D eigenvalue weighted by Gasteiger charge is -2.13. The highest BCUT2D eigenvalue weighted by Crippen LogP contribution is 2.11. The van der Waals surface area contributed by atoms with E-state index in [-0.39, 0.29) is 0 Å². The van der Waals surface area contributed by atoms with Crippen LogP contribution in [-0.2, 0) is 0 Å². The summed E-state index contributed by atoms with van der Waals surface area (Å²) in [5.41, 5.74) is 2.53. The van der Waals surface area contributed by atoms with Crippen LogP contribution in [0, 0.1) is 0 Å². The van der Waals surface area contributed by atoms with E-state index in [1.165, 1.54) is 17.6 Å². The van der Waals surface area contributed by atoms with Crippen LogP contribution in [0.25, 0.3) is 6.08 Å². The molecular formula is C14H25N3. The molecule has 1 aromatic rings. The Bertz CT molecular complexity index is 363. The van der Waals surface area contributed by atoms with Gasteiger partial charge in [0.15, 0.2) is 0 Å². The lowest BCUT2D eigenvalue weighted by atomic mass is 10.1. The summed E-state index contributed by atoms with van der Waals surface area (Å²) in [6, 6.07) is 0.852. The van der Waals surface area contributed by atoms with E-state index in [0.717, 1.165) is 6.54 Å². The molecule has 0 saturated heterocycles. The molecule has 3 heteroatoms. The van der Waals surface area contributed by atoms with Gasteiger partial charge in [0.05, 0.1) is 6.20 Å². The van der Waals surface area contributed by atoms with Gasteiger partial charge in [-0.3, -0.25) is 4.68 Å². The van der Waals surface area contributed by atoms with Gasteiger partial charge in [-0.2, -0.15) is 5.10 Å². The molecule has 1 atom stereocenters. The van der Waals surface area contributed by atoms with Crippen molar-refractivity contribution in [2.24, 2.45) is 0 Å². The first-order chi connectivity index (χ1) is 8.04. The molecule has 17 heavy (non-hydrogen) atoms. The lowest BCUT2D eigenvalue weighted by Crippen LogP contribution is -2.27. The molecule has 1 rings (SSSR count). The molecule has 0 aliphatic heterocycles. The van der Waals surface area contributed by atoms with Crippen molar-refractivity contribution in [3.05, 3.63) is 23.5 Å². The second kappa shape index (κ2) is 6.60. The molecule has 1 heterocycles. The van der Waals surface area contributed by atoms with Crippen LogP contribution < -0.4 is 5.32 Å². The summed E-state index contributed by atoms with van der Waals surface area (Å²) in [5.74, 6) is 0. The maximum absolute atomic E-state index is 4.34. The first-order valence-corrected chi connectivity index (χ1v) is 6.50. The topological polar surface area (TPSA) is 29.9 Å². The predicted octanol–water partition coefficient (Wildman–Crippen LogP) is 3.26. The van der Waals surface area contributed by atoms with E-state index in [9.17, 15) is 0 Å². The molecule has 0 fully saturated rings. The van der Waals surface area contributed by atoms with Crippen molar-refractivity contribution in [2.45, 2.75) is 53.1 Å². The van der Waals surface area contributed by atoms with E-state index in [2.05, 4.69) is 57.3 Å². The molecule has 96 valence electrons. The second-order valence-electron chi connectivity index (χ2n) is 4.91. The van der Waals surface area contributed by atoms with Crippen molar-refractivity contribution < 1.29 is 0 Å². The van der Waals surface area contributed by atoms with Gasteiger partial charge in [-0.25, -0.2) is 0 Å². The third kappa shape index (κ3) is 4.35. The van der Waals surface area contributed by atoms with Gasteiger partial charge in [-0.05, 0) is 40.7 Å². The number of hydrogen-bond donors (Lipinski definition) is 1. The van der Waals surface area contributed by atoms with Crippen LogP contribution in [0.15, 0.2) is 18.0 Å². The largest absolute Gasteiger partial charge is 0.311 e. The average Bonchev–Trinajstić information content (AvgIpc) is 2.74. The summed E-state index contributed by atoms with van der Waals surface area (Å²) >= 11 is 0. The van der Waals surface area contributed by atoms with Crippen LogP contribution in [0.5, 0.6) is 0 Å². The van der Waals surface area contributed by atoms with Crippen molar-refractivity contribution in [2.75, 3.05) is 6.54 Å². The highest BCUT2D eigenvalue weighted by atomic mass is 15.3. The molecule has 1 aromatic heterocycles. The summed E-state index contributed by atoms with van der Waals surface area (Å²) in [6.07, 6.45) is 7.40. The van der Waals surface area contributed by atoms with Crippen molar-refractivity contribution in [1.82, 2.24) is 15.1 Å². The van der Waals surface area contributed by atoms with Crippen molar-refractivity contribution in [3.8, 4) is 0 Å². The summed E-state index contributed by atoms with van der Waals surface area (Å²) in [4.78, 5) is 0. The Morgan fingerprint density at radius 2 is 2.18 bits per heavy atom. The van der Waals surface area contributed by atoms with E-state index in [1.54, 1.807) is 0 Å². The number of hydrogen-bond acceptors (Lipinski definition) is 2. The molecule has 0 spiro atoms. The van der Waals surface area contributed by atoms with Gasteiger partial charge in [-0.1, -0.05) is 18.6 Å². The van der Waals surface area contributed by atoms with Crippen LogP contribution >= 0.6 is 0 Å². The Balaban J connectivity index is 2.66. The zero-order valence-electron chi connectivity index (χ0n) is 11.7. The van der Waals surface area contributed by atoms with Crippen LogP contribution in [-0.4, -0.2) is 22.4 Å². The van der Waals surface area contributed by atoms with Gasteiger partial charge in [0.25, 0.3) is 0 Å². The smallest absolute Gasteiger partial charge is 0.0562 e. The fraction of sp³-hybridized carbons (Fsp3) is 0.643. The maximum Gasteiger partial charge on any atom is 0.0562 e. The molecule has 0 aliphatic carbocycles. The normalized spacial score (nSPS) is 14.4. The predicted molar refractivity (Wildman–Crippen MR) is 74.0 cm³/mol. The summed E-state index contributed by atoms with van der Waals surface area (Å²) in [5, 5.41) is 7.83. The average molecular weight is 235 g/mol. The first-order valence-electron chi connectivity index (χ1n) is 6.50. The quantitative estimate of drug-likeness (QED) is 0.820. The first kappa shape index (κ1) is 14.0. The fourth-order valence-corrected chi connectivity index (χ4v) is 1.62. The molecule has 1 N–H and O–H groups in total. The van der Waals surface area contributed by atoms with Gasteiger partial charge >= 0.3 is 0 Å². The van der Waals surface area contributed by atoms with Gasteiger partial charge in [-0.15, -0.1) is 0 Å². The van der Waals surface area contributed by atoms with Crippen LogP contribution in [0.3, 0.4) is 0 Å². The molecule has 1 unspecified atom stereocenters. The Kier molecular flexibility index (Phi) is 5.42. The fourth-order valence-electron chi connectivity index (χ4n) is 1.62. The van der Waals surface area contributed by atoms with Crippen molar-refractivity contribution >= 4 is 6.08 Å². The van der Waals surface area contributed by atoms with Crippen LogP contribution in [0.4, 0.5) is 0 Å². The summed E-state index contributed by atoms with van der Waals surface area (Å²) in [6.45, 7) is 11.9. The van der Waals surface area contributed by atoms with Crippen molar-refractivity contribution in [1.29, 1.82) is 0 Å². The van der Waals surface area contributed by atoms with E-state index >= 15 is 0 Å². The Hall–Kier alpha value is -1.09. The summed E-state index contributed by atoms with van der Waals surface area (Å²) < 4.78 is 1.99. The minimum atomic E-state index is 0.424. The second-order valence-corrected chi connectivity index (χ2v) is 4.91. The molecule has 0 aliphatic rings. The number of nitrogens with one attached hydrogen (secondary N) is 1. The Morgan fingerprint density at radius 3 is 2.71 bits per heavy atom. The van der Waals surface area contributed by atoms with Crippen LogP contribution in [0.2, 0.25) is 0 Å². The number of nitrogens with zero attached hydrogens (tertiary/aromatic N) is 2. The van der Waals surface area contributed by atoms with E-state index in [1.807, 2.05) is 10.9 Å². The van der Waals surface area contributed by atoms with Gasteiger partial charge in [0.1, 0.15) is 0 Å². The van der Waals surface area contributed by atoms with Gasteiger partial charge in [0, 0.05) is 23.8 Å². The van der Waals surface area contributed by atoms with Gasteiger partial charge in [0.2, 0.25) is 0 Å². The number of aromatic nitrogens is 2. The van der Waals surface area contributed by atoms with E-state index < -0.39 is 0 Å². The zero-order valence-corrected chi connectivity index (χ0v) is 11.7. The maximum atomic E-state index is 4.34. The molecule has 3 nitrogen and oxygen atoms in total. The Morgan fingerprint density at radius 1 is 1.47 bits per heavy atom. The van der Waals surface area contributed by atoms with Crippen LogP contribution in [0.1, 0.15) is 52.6 Å². The van der Waals surface area contributed by atoms with E-state index in [4.69, 9.17) is 0 Å². The molecular weight excluding hydrogens is 210 g/mol. The van der Waals surface area contributed by atoms with Gasteiger partial charge < -0.3 is 5.32 Å². The standard InChI is InChI=1S/C14H25N3/c1-6-7-15-13(5)12(4)8-14-9-16-17(10-14)11(2)3/h8-11,13,15H,6-7H2,1-5H3. The third-order valence-electron chi connectivity index (χ3n) is 2.93. The molecule has 0 radical (unpaired) electrons. The molecule has 0 saturated carbocycles. The SMILES string of the molecule is CCCNC(C)C(C)=Cc1cnn(C(C)C)c1. The molecule has 0 amide bonds. The minimum absolute atomic E-state index is 0.424.